The summed E-state index contributed by atoms with van der Waals surface area (Å²) in [6.07, 6.45) is 3.62. The van der Waals surface area contributed by atoms with Gasteiger partial charge < -0.3 is 10.6 Å². The van der Waals surface area contributed by atoms with Gasteiger partial charge in [-0.2, -0.15) is 0 Å². The Morgan fingerprint density at radius 1 is 1.15 bits per heavy atom. The Morgan fingerprint density at radius 2 is 1.77 bits per heavy atom. The fourth-order valence-corrected chi connectivity index (χ4v) is 1.53. The first-order valence-corrected chi connectivity index (χ1v) is 5.57. The third-order valence-corrected chi connectivity index (χ3v) is 2.35. The lowest BCUT2D eigenvalue weighted by Crippen LogP contribution is -2.33. The fourth-order valence-electron chi connectivity index (χ4n) is 1.53. The van der Waals surface area contributed by atoms with E-state index < -0.39 is 0 Å². The summed E-state index contributed by atoms with van der Waals surface area (Å²) in [7, 11) is 0. The Bertz CT molecular complexity index is 111. The standard InChI is InChI=1S/C11H26N2/c1-5-8-13(10(2)3)9-6-7-11(4)12/h10-11H,5-9,12H2,1-4H3. The van der Waals surface area contributed by atoms with Gasteiger partial charge in [0.2, 0.25) is 0 Å². The molecule has 0 rings (SSSR count). The monoisotopic (exact) mass is 186 g/mol. The van der Waals surface area contributed by atoms with Gasteiger partial charge in [0.25, 0.3) is 0 Å². The van der Waals surface area contributed by atoms with Crippen LogP contribution in [0.1, 0.15) is 47.0 Å². The van der Waals surface area contributed by atoms with Gasteiger partial charge in [0.05, 0.1) is 0 Å². The molecule has 0 aromatic rings. The molecule has 2 N–H and O–H groups in total. The average Bonchev–Trinajstić information content (AvgIpc) is 2.02. The van der Waals surface area contributed by atoms with Crippen LogP contribution in [0.5, 0.6) is 0 Å². The normalized spacial score (nSPS) is 14.1. The minimum atomic E-state index is 0.357. The van der Waals surface area contributed by atoms with Crippen LogP contribution in [0.3, 0.4) is 0 Å². The molecule has 0 bridgehead atoms. The lowest BCUT2D eigenvalue weighted by atomic mass is 10.1. The molecule has 2 nitrogen and oxygen atoms in total. The van der Waals surface area contributed by atoms with E-state index in [0.717, 1.165) is 6.42 Å². The summed E-state index contributed by atoms with van der Waals surface area (Å²) in [6, 6.07) is 1.03. The first kappa shape index (κ1) is 12.9. The minimum absolute atomic E-state index is 0.357. The molecule has 0 aliphatic heterocycles. The lowest BCUT2D eigenvalue weighted by molar-refractivity contribution is 0.216. The summed E-state index contributed by atoms with van der Waals surface area (Å²) in [6.45, 7) is 11.3. The van der Waals surface area contributed by atoms with E-state index in [1.807, 2.05) is 0 Å². The van der Waals surface area contributed by atoms with E-state index in [1.165, 1.54) is 25.9 Å². The third kappa shape index (κ3) is 7.03. The zero-order chi connectivity index (χ0) is 10.3. The molecule has 0 fully saturated rings. The molecule has 2 heteroatoms. The minimum Gasteiger partial charge on any atom is -0.328 e. The summed E-state index contributed by atoms with van der Waals surface area (Å²) in [5.41, 5.74) is 5.71. The van der Waals surface area contributed by atoms with Crippen molar-refractivity contribution < 1.29 is 0 Å². The second kappa shape index (κ2) is 7.34. The first-order valence-electron chi connectivity index (χ1n) is 5.57. The fraction of sp³-hybridized carbons (Fsp3) is 1.00. The maximum absolute atomic E-state index is 5.71. The van der Waals surface area contributed by atoms with Crippen molar-refractivity contribution in [2.75, 3.05) is 13.1 Å². The highest BCUT2D eigenvalue weighted by Gasteiger charge is 2.07. The quantitative estimate of drug-likeness (QED) is 0.660. The van der Waals surface area contributed by atoms with Crippen LogP contribution in [-0.2, 0) is 0 Å². The van der Waals surface area contributed by atoms with Gasteiger partial charge in [0, 0.05) is 12.1 Å². The Balaban J connectivity index is 3.57. The maximum atomic E-state index is 5.71. The molecule has 0 heterocycles. The summed E-state index contributed by atoms with van der Waals surface area (Å²) >= 11 is 0. The first-order chi connectivity index (χ1) is 6.07. The predicted octanol–water partition coefficient (Wildman–Crippen LogP) is 2.23. The number of hydrogen-bond acceptors (Lipinski definition) is 2. The van der Waals surface area contributed by atoms with Gasteiger partial charge in [0.1, 0.15) is 0 Å². The largest absolute Gasteiger partial charge is 0.328 e. The van der Waals surface area contributed by atoms with Crippen LogP contribution in [0.2, 0.25) is 0 Å². The molecule has 1 unspecified atom stereocenters. The smallest absolute Gasteiger partial charge is 0.00385 e. The van der Waals surface area contributed by atoms with E-state index >= 15 is 0 Å². The van der Waals surface area contributed by atoms with Gasteiger partial charge >= 0.3 is 0 Å². The highest BCUT2D eigenvalue weighted by molar-refractivity contribution is 4.63. The SMILES string of the molecule is CCCN(CCCC(C)N)C(C)C. The van der Waals surface area contributed by atoms with Crippen LogP contribution < -0.4 is 5.73 Å². The molecule has 0 radical (unpaired) electrons. The summed E-state index contributed by atoms with van der Waals surface area (Å²) < 4.78 is 0. The van der Waals surface area contributed by atoms with Crippen LogP contribution in [0, 0.1) is 0 Å². The number of nitrogens with two attached hydrogens (primary N) is 1. The molecule has 0 aromatic heterocycles. The Labute approximate surface area is 83.5 Å². The summed E-state index contributed by atoms with van der Waals surface area (Å²) in [5, 5.41) is 0. The second-order valence-corrected chi connectivity index (χ2v) is 4.25. The van der Waals surface area contributed by atoms with Crippen LogP contribution in [0.15, 0.2) is 0 Å². The zero-order valence-electron chi connectivity index (χ0n) is 9.71. The van der Waals surface area contributed by atoms with Crippen LogP contribution in [-0.4, -0.2) is 30.1 Å². The molecule has 13 heavy (non-hydrogen) atoms. The molecule has 0 saturated carbocycles. The molecule has 0 saturated heterocycles. The summed E-state index contributed by atoms with van der Waals surface area (Å²) in [5.74, 6) is 0. The zero-order valence-corrected chi connectivity index (χ0v) is 9.71. The summed E-state index contributed by atoms with van der Waals surface area (Å²) in [4.78, 5) is 2.53. The molecule has 0 amide bonds. The molecule has 0 aliphatic rings. The Morgan fingerprint density at radius 3 is 2.15 bits per heavy atom. The molecular weight excluding hydrogens is 160 g/mol. The van der Waals surface area contributed by atoms with E-state index in [1.54, 1.807) is 0 Å². The number of hydrogen-bond donors (Lipinski definition) is 1. The highest BCUT2D eigenvalue weighted by atomic mass is 15.1. The third-order valence-electron chi connectivity index (χ3n) is 2.35. The molecule has 1 atom stereocenters. The highest BCUT2D eigenvalue weighted by Crippen LogP contribution is 2.03. The number of nitrogens with zero attached hydrogens (tertiary/aromatic N) is 1. The average molecular weight is 186 g/mol. The van der Waals surface area contributed by atoms with Gasteiger partial charge in [0.15, 0.2) is 0 Å². The van der Waals surface area contributed by atoms with Gasteiger partial charge in [-0.3, -0.25) is 0 Å². The Kier molecular flexibility index (Phi) is 7.29. The van der Waals surface area contributed by atoms with Crippen LogP contribution in [0.4, 0.5) is 0 Å². The van der Waals surface area contributed by atoms with Crippen molar-refractivity contribution in [2.45, 2.75) is 59.0 Å². The van der Waals surface area contributed by atoms with Gasteiger partial charge in [-0.25, -0.2) is 0 Å². The van der Waals surface area contributed by atoms with E-state index in [0.29, 0.717) is 12.1 Å². The van der Waals surface area contributed by atoms with E-state index in [4.69, 9.17) is 5.73 Å². The second-order valence-electron chi connectivity index (χ2n) is 4.25. The predicted molar refractivity (Wildman–Crippen MR) is 59.9 cm³/mol. The lowest BCUT2D eigenvalue weighted by Gasteiger charge is -2.26. The molecule has 0 aliphatic carbocycles. The maximum Gasteiger partial charge on any atom is 0.00385 e. The Hall–Kier alpha value is -0.0800. The van der Waals surface area contributed by atoms with Gasteiger partial charge in [-0.05, 0) is 53.1 Å². The van der Waals surface area contributed by atoms with Crippen molar-refractivity contribution in [3.05, 3.63) is 0 Å². The van der Waals surface area contributed by atoms with Crippen molar-refractivity contribution >= 4 is 0 Å². The van der Waals surface area contributed by atoms with Crippen LogP contribution >= 0.6 is 0 Å². The van der Waals surface area contributed by atoms with Crippen molar-refractivity contribution in [2.24, 2.45) is 5.73 Å². The van der Waals surface area contributed by atoms with Crippen molar-refractivity contribution in [1.82, 2.24) is 4.90 Å². The van der Waals surface area contributed by atoms with E-state index in [2.05, 4.69) is 32.6 Å². The van der Waals surface area contributed by atoms with Crippen molar-refractivity contribution in [3.8, 4) is 0 Å². The molecule has 0 spiro atoms. The molecule has 80 valence electrons. The number of rotatable bonds is 7. The van der Waals surface area contributed by atoms with Crippen molar-refractivity contribution in [1.29, 1.82) is 0 Å². The van der Waals surface area contributed by atoms with Gasteiger partial charge in [-0.1, -0.05) is 6.92 Å². The van der Waals surface area contributed by atoms with Crippen molar-refractivity contribution in [3.63, 3.8) is 0 Å². The van der Waals surface area contributed by atoms with Gasteiger partial charge in [-0.15, -0.1) is 0 Å². The molecule has 0 aromatic carbocycles. The van der Waals surface area contributed by atoms with E-state index in [-0.39, 0.29) is 0 Å². The van der Waals surface area contributed by atoms with Crippen LogP contribution in [0.25, 0.3) is 0 Å². The van der Waals surface area contributed by atoms with E-state index in [9.17, 15) is 0 Å². The molecular formula is C11H26N2. The topological polar surface area (TPSA) is 29.3 Å².